The van der Waals surface area contributed by atoms with Crippen molar-refractivity contribution in [3.05, 3.63) is 42.0 Å². The predicted octanol–water partition coefficient (Wildman–Crippen LogP) is 2.12. The highest BCUT2D eigenvalue weighted by Gasteiger charge is 2.28. The maximum Gasteiger partial charge on any atom is 0.335 e. The van der Waals surface area contributed by atoms with Crippen LogP contribution in [0.5, 0.6) is 0 Å². The van der Waals surface area contributed by atoms with Crippen molar-refractivity contribution >= 4 is 23.5 Å². The topological polar surface area (TPSA) is 98.7 Å². The van der Waals surface area contributed by atoms with E-state index in [1.54, 1.807) is 23.1 Å². The summed E-state index contributed by atoms with van der Waals surface area (Å²) in [7, 11) is 0. The van der Waals surface area contributed by atoms with Gasteiger partial charge in [-0.3, -0.25) is 9.59 Å². The van der Waals surface area contributed by atoms with Crippen molar-refractivity contribution in [1.82, 2.24) is 10.2 Å². The third kappa shape index (κ3) is 5.42. The lowest BCUT2D eigenvalue weighted by Crippen LogP contribution is -2.43. The highest BCUT2D eigenvalue weighted by Crippen LogP contribution is 2.20. The number of amides is 2. The van der Waals surface area contributed by atoms with E-state index in [1.165, 1.54) is 12.1 Å². The van der Waals surface area contributed by atoms with Gasteiger partial charge < -0.3 is 20.6 Å². The quantitative estimate of drug-likeness (QED) is 0.675. The maximum atomic E-state index is 12.6. The lowest BCUT2D eigenvalue weighted by atomic mass is 9.96. The summed E-state index contributed by atoms with van der Waals surface area (Å²) in [5, 5.41) is 15.2. The summed E-state index contributed by atoms with van der Waals surface area (Å²) in [6, 6.07) is 6.18. The van der Waals surface area contributed by atoms with Crippen LogP contribution in [0.15, 0.2) is 36.4 Å². The van der Waals surface area contributed by atoms with Crippen LogP contribution in [0.3, 0.4) is 0 Å². The van der Waals surface area contributed by atoms with Crippen LogP contribution in [-0.2, 0) is 9.59 Å². The van der Waals surface area contributed by atoms with E-state index in [1.807, 2.05) is 6.08 Å². The molecular weight excluding hydrogens is 358 g/mol. The van der Waals surface area contributed by atoms with Crippen molar-refractivity contribution in [3.8, 4) is 0 Å². The monoisotopic (exact) mass is 385 g/mol. The molecular formula is C21H27N3O4. The summed E-state index contributed by atoms with van der Waals surface area (Å²) in [6.45, 7) is 3.02. The largest absolute Gasteiger partial charge is 0.478 e. The molecule has 1 atom stereocenters. The van der Waals surface area contributed by atoms with Crippen molar-refractivity contribution in [3.63, 3.8) is 0 Å². The molecule has 150 valence electrons. The van der Waals surface area contributed by atoms with Gasteiger partial charge in [-0.15, -0.1) is 0 Å². The molecule has 2 aliphatic heterocycles. The lowest BCUT2D eigenvalue weighted by Gasteiger charge is -2.31. The third-order valence-electron chi connectivity index (χ3n) is 5.38. The van der Waals surface area contributed by atoms with Crippen molar-refractivity contribution in [2.24, 2.45) is 11.8 Å². The van der Waals surface area contributed by atoms with Crippen LogP contribution in [0.25, 0.3) is 0 Å². The molecule has 2 aliphatic rings. The highest BCUT2D eigenvalue weighted by atomic mass is 16.4. The van der Waals surface area contributed by atoms with E-state index < -0.39 is 5.97 Å². The zero-order valence-corrected chi connectivity index (χ0v) is 15.9. The number of carbonyl (C=O) groups is 3. The molecule has 2 saturated heterocycles. The molecule has 3 rings (SSSR count). The van der Waals surface area contributed by atoms with Gasteiger partial charge in [0.15, 0.2) is 0 Å². The Kier molecular flexibility index (Phi) is 6.81. The molecule has 28 heavy (non-hydrogen) atoms. The summed E-state index contributed by atoms with van der Waals surface area (Å²) in [5.41, 5.74) is 0.584. The van der Waals surface area contributed by atoms with Crippen LogP contribution in [0, 0.1) is 11.8 Å². The summed E-state index contributed by atoms with van der Waals surface area (Å²) in [6.07, 6.45) is 7.25. The number of benzene rings is 1. The molecule has 7 nitrogen and oxygen atoms in total. The molecule has 1 aromatic rings. The number of aromatic carboxylic acids is 1. The fourth-order valence-electron chi connectivity index (χ4n) is 3.73. The van der Waals surface area contributed by atoms with Gasteiger partial charge in [0, 0.05) is 18.8 Å². The van der Waals surface area contributed by atoms with Crippen molar-refractivity contribution in [2.45, 2.75) is 25.7 Å². The maximum absolute atomic E-state index is 12.6. The van der Waals surface area contributed by atoms with Gasteiger partial charge in [-0.1, -0.05) is 12.1 Å². The molecule has 3 N–H and O–H groups in total. The minimum atomic E-state index is -1.04. The van der Waals surface area contributed by atoms with Gasteiger partial charge in [0.1, 0.15) is 0 Å². The SMILES string of the molecule is O=C(O)c1cccc(NC(=O)C2CCCN(C(=O)C=CC3CCNCC3)C2)c1. The molecule has 0 spiro atoms. The zero-order valence-electron chi connectivity index (χ0n) is 15.9. The second kappa shape index (κ2) is 9.50. The smallest absolute Gasteiger partial charge is 0.335 e. The Morgan fingerprint density at radius 2 is 1.96 bits per heavy atom. The second-order valence-corrected chi connectivity index (χ2v) is 7.45. The number of nitrogens with zero attached hydrogens (tertiary/aromatic N) is 1. The number of rotatable bonds is 5. The number of hydrogen-bond donors (Lipinski definition) is 3. The first kappa shape index (κ1) is 20.1. The Balaban J connectivity index is 1.55. The molecule has 0 bridgehead atoms. The Bertz CT molecular complexity index is 756. The first-order valence-corrected chi connectivity index (χ1v) is 9.85. The van der Waals surface area contributed by atoms with Gasteiger partial charge >= 0.3 is 5.97 Å². The summed E-state index contributed by atoms with van der Waals surface area (Å²) < 4.78 is 0. The number of carboxylic acids is 1. The van der Waals surface area contributed by atoms with Gasteiger partial charge in [0.25, 0.3) is 0 Å². The number of piperidine rings is 2. The number of carboxylic acid groups (broad SMARTS) is 1. The minimum Gasteiger partial charge on any atom is -0.478 e. The number of anilines is 1. The minimum absolute atomic E-state index is 0.0380. The molecule has 2 fully saturated rings. The summed E-state index contributed by atoms with van der Waals surface area (Å²) >= 11 is 0. The standard InChI is InChI=1S/C21H27N3O4/c25-19(7-6-15-8-10-22-11-9-15)24-12-2-4-17(14-24)20(26)23-18-5-1-3-16(13-18)21(27)28/h1,3,5-7,13,15,17,22H,2,4,8-12,14H2,(H,23,26)(H,27,28). The fourth-order valence-corrected chi connectivity index (χ4v) is 3.73. The average molecular weight is 385 g/mol. The van der Waals surface area contributed by atoms with E-state index in [9.17, 15) is 14.4 Å². The molecule has 7 heteroatoms. The lowest BCUT2D eigenvalue weighted by molar-refractivity contribution is -0.130. The van der Waals surface area contributed by atoms with Gasteiger partial charge in [-0.05, 0) is 69.0 Å². The van der Waals surface area contributed by atoms with Gasteiger partial charge in [0.05, 0.1) is 11.5 Å². The van der Waals surface area contributed by atoms with E-state index in [2.05, 4.69) is 10.6 Å². The van der Waals surface area contributed by atoms with Crippen molar-refractivity contribution < 1.29 is 19.5 Å². The molecule has 0 aliphatic carbocycles. The number of hydrogen-bond acceptors (Lipinski definition) is 4. The number of nitrogens with one attached hydrogen (secondary N) is 2. The van der Waals surface area contributed by atoms with Crippen LogP contribution in [0.4, 0.5) is 5.69 Å². The number of allylic oxidation sites excluding steroid dienone is 1. The van der Waals surface area contributed by atoms with E-state index in [0.717, 1.165) is 32.4 Å². The molecule has 0 radical (unpaired) electrons. The van der Waals surface area contributed by atoms with Crippen LogP contribution in [-0.4, -0.2) is 54.0 Å². The Hall–Kier alpha value is -2.67. The van der Waals surface area contributed by atoms with Crippen LogP contribution < -0.4 is 10.6 Å². The van der Waals surface area contributed by atoms with E-state index in [0.29, 0.717) is 31.1 Å². The van der Waals surface area contributed by atoms with Crippen LogP contribution in [0.1, 0.15) is 36.0 Å². The van der Waals surface area contributed by atoms with Gasteiger partial charge in [0.2, 0.25) is 11.8 Å². The molecule has 0 saturated carbocycles. The summed E-state index contributed by atoms with van der Waals surface area (Å²) in [4.78, 5) is 37.9. The first-order chi connectivity index (χ1) is 13.5. The Labute approximate surface area is 164 Å². The van der Waals surface area contributed by atoms with E-state index >= 15 is 0 Å². The van der Waals surface area contributed by atoms with Crippen molar-refractivity contribution in [2.75, 3.05) is 31.5 Å². The Morgan fingerprint density at radius 1 is 1.18 bits per heavy atom. The highest BCUT2D eigenvalue weighted by molar-refractivity contribution is 5.95. The molecule has 0 aromatic heterocycles. The third-order valence-corrected chi connectivity index (χ3v) is 5.38. The van der Waals surface area contributed by atoms with E-state index in [-0.39, 0.29) is 23.3 Å². The van der Waals surface area contributed by atoms with Crippen LogP contribution in [0.2, 0.25) is 0 Å². The fraction of sp³-hybridized carbons (Fsp3) is 0.476. The predicted molar refractivity (Wildman–Crippen MR) is 106 cm³/mol. The van der Waals surface area contributed by atoms with Crippen LogP contribution >= 0.6 is 0 Å². The second-order valence-electron chi connectivity index (χ2n) is 7.45. The molecule has 1 unspecified atom stereocenters. The van der Waals surface area contributed by atoms with E-state index in [4.69, 9.17) is 5.11 Å². The molecule has 2 heterocycles. The van der Waals surface area contributed by atoms with Gasteiger partial charge in [-0.25, -0.2) is 4.79 Å². The normalized spacial score (nSPS) is 20.9. The van der Waals surface area contributed by atoms with Gasteiger partial charge in [-0.2, -0.15) is 0 Å². The number of carbonyl (C=O) groups excluding carboxylic acids is 2. The average Bonchev–Trinajstić information content (AvgIpc) is 2.73. The zero-order chi connectivity index (χ0) is 19.9. The summed E-state index contributed by atoms with van der Waals surface area (Å²) in [5.74, 6) is -1.11. The number of likely N-dealkylation sites (tertiary alicyclic amines) is 1. The first-order valence-electron chi connectivity index (χ1n) is 9.85. The molecule has 1 aromatic carbocycles. The molecule has 2 amide bonds. The Morgan fingerprint density at radius 3 is 2.71 bits per heavy atom. The van der Waals surface area contributed by atoms with Crippen molar-refractivity contribution in [1.29, 1.82) is 0 Å².